The van der Waals surface area contributed by atoms with Gasteiger partial charge in [-0.05, 0) is 36.4 Å². The molecule has 1 aromatic heterocycles. The molecule has 2 aromatic carbocycles. The highest BCUT2D eigenvalue weighted by Gasteiger charge is 2.11. The number of anilines is 3. The molecule has 0 unspecified atom stereocenters. The maximum atomic E-state index is 12.9. The minimum Gasteiger partial charge on any atom is -0.338 e. The number of halogens is 3. The number of nitrogens with one attached hydrogen (secondary N) is 2. The highest BCUT2D eigenvalue weighted by molar-refractivity contribution is 6.39. The predicted molar refractivity (Wildman–Crippen MR) is 96.1 cm³/mol. The fraction of sp³-hybridized carbons (Fsp3) is 0. The zero-order valence-corrected chi connectivity index (χ0v) is 14.1. The molecule has 8 heteroatoms. The Morgan fingerprint density at radius 3 is 2.36 bits per heavy atom. The fourth-order valence-electron chi connectivity index (χ4n) is 2.02. The van der Waals surface area contributed by atoms with Crippen molar-refractivity contribution in [3.63, 3.8) is 0 Å². The van der Waals surface area contributed by atoms with E-state index >= 15 is 0 Å². The van der Waals surface area contributed by atoms with Crippen molar-refractivity contribution >= 4 is 46.3 Å². The van der Waals surface area contributed by atoms with Gasteiger partial charge in [0.15, 0.2) is 0 Å². The number of carbonyl (C=O) groups excluding carboxylic acids is 1. The summed E-state index contributed by atoms with van der Waals surface area (Å²) < 4.78 is 12.9. The van der Waals surface area contributed by atoms with Gasteiger partial charge in [-0.15, -0.1) is 0 Å². The van der Waals surface area contributed by atoms with Gasteiger partial charge < -0.3 is 10.6 Å². The summed E-state index contributed by atoms with van der Waals surface area (Å²) in [7, 11) is 0. The lowest BCUT2D eigenvalue weighted by atomic mass is 10.3. The Balaban J connectivity index is 1.79. The van der Waals surface area contributed by atoms with Crippen LogP contribution in [-0.4, -0.2) is 15.9 Å². The molecule has 0 spiro atoms. The van der Waals surface area contributed by atoms with E-state index in [4.69, 9.17) is 23.2 Å². The maximum Gasteiger partial charge on any atom is 0.274 e. The van der Waals surface area contributed by atoms with Crippen LogP contribution < -0.4 is 10.6 Å². The number of para-hydroxylation sites is 1. The van der Waals surface area contributed by atoms with Crippen LogP contribution in [0.1, 0.15) is 10.5 Å². The van der Waals surface area contributed by atoms with Crippen molar-refractivity contribution in [1.82, 2.24) is 9.97 Å². The molecule has 2 N–H and O–H groups in total. The van der Waals surface area contributed by atoms with Crippen LogP contribution in [0.25, 0.3) is 0 Å². The molecule has 3 rings (SSSR count). The summed E-state index contributed by atoms with van der Waals surface area (Å²) in [4.78, 5) is 20.2. The van der Waals surface area contributed by atoms with Gasteiger partial charge in [0, 0.05) is 11.8 Å². The first-order chi connectivity index (χ1) is 12.0. The number of aromatic nitrogens is 2. The third-order valence-corrected chi connectivity index (χ3v) is 3.85. The number of nitrogens with zero attached hydrogens (tertiary/aromatic N) is 2. The summed E-state index contributed by atoms with van der Waals surface area (Å²) >= 11 is 12.2. The van der Waals surface area contributed by atoms with Gasteiger partial charge in [-0.25, -0.2) is 14.4 Å². The van der Waals surface area contributed by atoms with Crippen LogP contribution in [0.2, 0.25) is 10.0 Å². The summed E-state index contributed by atoms with van der Waals surface area (Å²) in [5, 5.41) is 6.43. The highest BCUT2D eigenvalue weighted by Crippen LogP contribution is 2.31. The Morgan fingerprint density at radius 2 is 1.68 bits per heavy atom. The zero-order chi connectivity index (χ0) is 17.8. The number of rotatable bonds is 4. The lowest BCUT2D eigenvalue weighted by Crippen LogP contribution is -2.14. The molecule has 0 fully saturated rings. The minimum atomic E-state index is -0.456. The van der Waals surface area contributed by atoms with E-state index in [2.05, 4.69) is 20.6 Å². The second-order valence-electron chi connectivity index (χ2n) is 4.97. The van der Waals surface area contributed by atoms with E-state index in [0.29, 0.717) is 27.2 Å². The highest BCUT2D eigenvalue weighted by atomic mass is 35.5. The van der Waals surface area contributed by atoms with Crippen molar-refractivity contribution < 1.29 is 9.18 Å². The SMILES string of the molecule is O=C(Nc1ccc(F)cc1)c1cc(Nc2c(Cl)cccc2Cl)ncn1. The van der Waals surface area contributed by atoms with Crippen molar-refractivity contribution in [1.29, 1.82) is 0 Å². The van der Waals surface area contributed by atoms with Gasteiger partial charge in [0.25, 0.3) is 5.91 Å². The van der Waals surface area contributed by atoms with Crippen LogP contribution in [0.15, 0.2) is 54.9 Å². The second-order valence-corrected chi connectivity index (χ2v) is 5.79. The number of hydrogen-bond acceptors (Lipinski definition) is 4. The molecule has 0 aliphatic carbocycles. The largest absolute Gasteiger partial charge is 0.338 e. The lowest BCUT2D eigenvalue weighted by molar-refractivity contribution is 0.102. The Kier molecular flexibility index (Phi) is 5.11. The molecule has 0 saturated heterocycles. The van der Waals surface area contributed by atoms with Crippen molar-refractivity contribution in [2.45, 2.75) is 0 Å². The van der Waals surface area contributed by atoms with Crippen LogP contribution >= 0.6 is 23.2 Å². The molecule has 0 atom stereocenters. The monoisotopic (exact) mass is 376 g/mol. The second kappa shape index (κ2) is 7.46. The number of carbonyl (C=O) groups is 1. The van der Waals surface area contributed by atoms with Crippen LogP contribution in [0.4, 0.5) is 21.6 Å². The molecule has 0 saturated carbocycles. The number of amides is 1. The van der Waals surface area contributed by atoms with E-state index in [0.717, 1.165) is 0 Å². The Hall–Kier alpha value is -2.70. The molecule has 126 valence electrons. The first-order valence-electron chi connectivity index (χ1n) is 7.13. The van der Waals surface area contributed by atoms with Gasteiger partial charge in [-0.2, -0.15) is 0 Å². The lowest BCUT2D eigenvalue weighted by Gasteiger charge is -2.10. The van der Waals surface area contributed by atoms with Crippen molar-refractivity contribution in [3.8, 4) is 0 Å². The molecule has 0 aliphatic rings. The van der Waals surface area contributed by atoms with Gasteiger partial charge in [0.2, 0.25) is 0 Å². The zero-order valence-electron chi connectivity index (χ0n) is 12.6. The molecule has 5 nitrogen and oxygen atoms in total. The van der Waals surface area contributed by atoms with Gasteiger partial charge >= 0.3 is 0 Å². The molecule has 1 heterocycles. The van der Waals surface area contributed by atoms with E-state index < -0.39 is 5.91 Å². The average Bonchev–Trinajstić information content (AvgIpc) is 2.60. The van der Waals surface area contributed by atoms with Crippen molar-refractivity contribution in [2.75, 3.05) is 10.6 Å². The summed E-state index contributed by atoms with van der Waals surface area (Å²) in [6.07, 6.45) is 1.24. The van der Waals surface area contributed by atoms with Crippen LogP contribution in [0.3, 0.4) is 0 Å². The summed E-state index contributed by atoms with van der Waals surface area (Å²) in [5.74, 6) is -0.486. The van der Waals surface area contributed by atoms with Crippen molar-refractivity contribution in [2.24, 2.45) is 0 Å². The van der Waals surface area contributed by atoms with E-state index in [1.54, 1.807) is 18.2 Å². The average molecular weight is 377 g/mol. The Bertz CT molecular complexity index is 899. The van der Waals surface area contributed by atoms with Gasteiger partial charge in [0.1, 0.15) is 23.7 Å². The summed E-state index contributed by atoms with van der Waals surface area (Å²) in [6.45, 7) is 0. The summed E-state index contributed by atoms with van der Waals surface area (Å²) in [5.41, 5.74) is 1.06. The predicted octanol–water partition coefficient (Wildman–Crippen LogP) is 4.92. The quantitative estimate of drug-likeness (QED) is 0.678. The van der Waals surface area contributed by atoms with E-state index in [1.165, 1.54) is 36.7 Å². The molecule has 0 radical (unpaired) electrons. The van der Waals surface area contributed by atoms with Gasteiger partial charge in [-0.3, -0.25) is 4.79 Å². The topological polar surface area (TPSA) is 66.9 Å². The number of benzene rings is 2. The maximum absolute atomic E-state index is 12.9. The summed E-state index contributed by atoms with van der Waals surface area (Å²) in [6, 6.07) is 12.0. The molecule has 0 bridgehead atoms. The molecule has 25 heavy (non-hydrogen) atoms. The Labute approximate surface area is 152 Å². The molecule has 1 amide bonds. The smallest absolute Gasteiger partial charge is 0.274 e. The first kappa shape index (κ1) is 17.1. The van der Waals surface area contributed by atoms with E-state index in [1.807, 2.05) is 0 Å². The normalized spacial score (nSPS) is 10.4. The van der Waals surface area contributed by atoms with E-state index in [-0.39, 0.29) is 11.5 Å². The minimum absolute atomic E-state index is 0.130. The Morgan fingerprint density at radius 1 is 1.00 bits per heavy atom. The third-order valence-electron chi connectivity index (χ3n) is 3.22. The van der Waals surface area contributed by atoms with Gasteiger partial charge in [0.05, 0.1) is 15.7 Å². The first-order valence-corrected chi connectivity index (χ1v) is 7.88. The molecule has 3 aromatic rings. The van der Waals surface area contributed by atoms with Gasteiger partial charge in [-0.1, -0.05) is 29.3 Å². The van der Waals surface area contributed by atoms with Crippen LogP contribution in [0.5, 0.6) is 0 Å². The van der Waals surface area contributed by atoms with Crippen LogP contribution in [0, 0.1) is 5.82 Å². The fourth-order valence-corrected chi connectivity index (χ4v) is 2.52. The molecule has 0 aliphatic heterocycles. The third kappa shape index (κ3) is 4.23. The number of hydrogen-bond donors (Lipinski definition) is 2. The standard InChI is InChI=1S/C17H11Cl2FN4O/c18-12-2-1-3-13(19)16(12)24-15-8-14(21-9-22-15)17(25)23-11-6-4-10(20)5-7-11/h1-9H,(H,23,25)(H,21,22,24). The molecular weight excluding hydrogens is 366 g/mol. The van der Waals surface area contributed by atoms with Crippen molar-refractivity contribution in [3.05, 3.63) is 76.4 Å². The molecular formula is C17H11Cl2FN4O. The van der Waals surface area contributed by atoms with E-state index in [9.17, 15) is 9.18 Å². The van der Waals surface area contributed by atoms with Crippen LogP contribution in [-0.2, 0) is 0 Å².